The molecule has 0 bridgehead atoms. The second-order valence-corrected chi connectivity index (χ2v) is 7.48. The molecule has 1 atom stereocenters. The molecule has 0 rings (SSSR count). The molecule has 0 aliphatic heterocycles. The largest absolute Gasteiger partial charge is 0.481 e. The van der Waals surface area contributed by atoms with Crippen LogP contribution in [-0.2, 0) is 14.6 Å². The highest BCUT2D eigenvalue weighted by Gasteiger charge is 2.30. The second kappa shape index (κ2) is 6.03. The van der Waals surface area contributed by atoms with Gasteiger partial charge in [-0.05, 0) is 13.8 Å². The van der Waals surface area contributed by atoms with Crippen LogP contribution in [0.2, 0.25) is 0 Å². The van der Waals surface area contributed by atoms with Crippen LogP contribution in [0.1, 0.15) is 20.8 Å². The molecule has 0 fully saturated rings. The summed E-state index contributed by atoms with van der Waals surface area (Å²) in [7, 11) is -3.28. The highest BCUT2D eigenvalue weighted by molar-refractivity contribution is 7.92. The van der Waals surface area contributed by atoms with Gasteiger partial charge in [-0.3, -0.25) is 4.79 Å². The van der Waals surface area contributed by atoms with E-state index in [0.717, 1.165) is 6.26 Å². The Morgan fingerprint density at radius 1 is 1.28 bits per heavy atom. The molecule has 0 aromatic carbocycles. The lowest BCUT2D eigenvalue weighted by molar-refractivity contribution is -0.140. The van der Waals surface area contributed by atoms with E-state index in [1.807, 2.05) is 0 Å². The standard InChI is InChI=1S/C10H20N2O5S/c1-7(8(13)14)5-11-9(15)12-6-10(2,3)18(4,16)17/h7H,5-6H2,1-4H3,(H,13,14)(H2,11,12,15). The van der Waals surface area contributed by atoms with Crippen molar-refractivity contribution in [3.05, 3.63) is 0 Å². The number of aliphatic carboxylic acids is 1. The van der Waals surface area contributed by atoms with E-state index in [-0.39, 0.29) is 13.1 Å². The summed E-state index contributed by atoms with van der Waals surface area (Å²) in [5.74, 6) is -1.70. The predicted octanol–water partition coefficient (Wildman–Crippen LogP) is -0.170. The summed E-state index contributed by atoms with van der Waals surface area (Å²) in [6.45, 7) is 4.41. The first-order valence-electron chi connectivity index (χ1n) is 5.41. The fraction of sp³-hybridized carbons (Fsp3) is 0.800. The van der Waals surface area contributed by atoms with Crippen LogP contribution in [0.25, 0.3) is 0 Å². The minimum absolute atomic E-state index is 0.0134. The Kier molecular flexibility index (Phi) is 5.59. The Balaban J connectivity index is 4.17. The lowest BCUT2D eigenvalue weighted by Gasteiger charge is -2.22. The Labute approximate surface area is 107 Å². The molecule has 7 nitrogen and oxygen atoms in total. The van der Waals surface area contributed by atoms with E-state index >= 15 is 0 Å². The summed E-state index contributed by atoms with van der Waals surface area (Å²) in [4.78, 5) is 21.8. The normalized spacial score (nSPS) is 13.8. The van der Waals surface area contributed by atoms with Crippen molar-refractivity contribution in [2.24, 2.45) is 5.92 Å². The number of hydrogen-bond donors (Lipinski definition) is 3. The van der Waals surface area contributed by atoms with Gasteiger partial charge in [0.2, 0.25) is 0 Å². The molecule has 0 saturated carbocycles. The van der Waals surface area contributed by atoms with Gasteiger partial charge in [0.25, 0.3) is 0 Å². The van der Waals surface area contributed by atoms with Crippen LogP contribution in [0.5, 0.6) is 0 Å². The third kappa shape index (κ3) is 5.35. The van der Waals surface area contributed by atoms with Gasteiger partial charge in [0.05, 0.1) is 10.7 Å². The van der Waals surface area contributed by atoms with E-state index < -0.39 is 32.5 Å². The Morgan fingerprint density at radius 3 is 2.17 bits per heavy atom. The summed E-state index contributed by atoms with van der Waals surface area (Å²) < 4.78 is 21.7. The lowest BCUT2D eigenvalue weighted by atomic mass is 10.2. The average Bonchev–Trinajstić information content (AvgIpc) is 2.21. The summed E-state index contributed by atoms with van der Waals surface area (Å²) in [5.41, 5.74) is 0. The molecule has 8 heteroatoms. The highest BCUT2D eigenvalue weighted by atomic mass is 32.2. The maximum absolute atomic E-state index is 11.4. The van der Waals surface area contributed by atoms with Gasteiger partial charge in [-0.1, -0.05) is 6.92 Å². The number of carboxylic acids is 1. The first kappa shape index (κ1) is 16.7. The first-order chi connectivity index (χ1) is 7.97. The van der Waals surface area contributed by atoms with Gasteiger partial charge in [0.15, 0.2) is 9.84 Å². The van der Waals surface area contributed by atoms with E-state index in [0.29, 0.717) is 0 Å². The molecular formula is C10H20N2O5S. The van der Waals surface area contributed by atoms with Crippen molar-refractivity contribution in [3.8, 4) is 0 Å². The topological polar surface area (TPSA) is 113 Å². The number of amides is 2. The van der Waals surface area contributed by atoms with Crippen molar-refractivity contribution >= 4 is 21.8 Å². The smallest absolute Gasteiger partial charge is 0.314 e. The lowest BCUT2D eigenvalue weighted by Crippen LogP contribution is -2.47. The van der Waals surface area contributed by atoms with Gasteiger partial charge in [-0.2, -0.15) is 0 Å². The zero-order valence-electron chi connectivity index (χ0n) is 11.0. The van der Waals surface area contributed by atoms with Gasteiger partial charge in [-0.25, -0.2) is 13.2 Å². The minimum atomic E-state index is -3.28. The molecule has 0 saturated heterocycles. The number of sulfone groups is 1. The number of hydrogen-bond acceptors (Lipinski definition) is 4. The highest BCUT2D eigenvalue weighted by Crippen LogP contribution is 2.13. The van der Waals surface area contributed by atoms with Crippen molar-refractivity contribution in [2.75, 3.05) is 19.3 Å². The first-order valence-corrected chi connectivity index (χ1v) is 7.30. The average molecular weight is 280 g/mol. The Hall–Kier alpha value is -1.31. The molecule has 0 heterocycles. The van der Waals surface area contributed by atoms with Crippen LogP contribution >= 0.6 is 0 Å². The number of carbonyl (C=O) groups is 2. The molecule has 0 aliphatic rings. The second-order valence-electron chi connectivity index (χ2n) is 4.83. The summed E-state index contributed by atoms with van der Waals surface area (Å²) in [6.07, 6.45) is 1.10. The summed E-state index contributed by atoms with van der Waals surface area (Å²) >= 11 is 0. The van der Waals surface area contributed by atoms with Crippen LogP contribution in [0.3, 0.4) is 0 Å². The fourth-order valence-electron chi connectivity index (χ4n) is 0.820. The Bertz CT molecular complexity index is 416. The van der Waals surface area contributed by atoms with Gasteiger partial charge in [0.1, 0.15) is 0 Å². The molecule has 2 amide bonds. The molecule has 0 aromatic heterocycles. The van der Waals surface area contributed by atoms with Crippen molar-refractivity contribution in [1.82, 2.24) is 10.6 Å². The molecule has 3 N–H and O–H groups in total. The number of carboxylic acid groups (broad SMARTS) is 1. The molecule has 0 spiro atoms. The fourth-order valence-corrected chi connectivity index (χ4v) is 1.15. The molecule has 1 unspecified atom stereocenters. The van der Waals surface area contributed by atoms with Crippen molar-refractivity contribution < 1.29 is 23.1 Å². The number of nitrogens with one attached hydrogen (secondary N) is 2. The summed E-state index contributed by atoms with van der Waals surface area (Å²) in [5, 5.41) is 13.4. The predicted molar refractivity (Wildman–Crippen MR) is 67.1 cm³/mol. The molecular weight excluding hydrogens is 260 g/mol. The minimum Gasteiger partial charge on any atom is -0.481 e. The van der Waals surface area contributed by atoms with Crippen molar-refractivity contribution in [3.63, 3.8) is 0 Å². The van der Waals surface area contributed by atoms with E-state index in [2.05, 4.69) is 10.6 Å². The SMILES string of the molecule is CC(CNC(=O)NCC(C)(C)S(C)(=O)=O)C(=O)O. The van der Waals surface area contributed by atoms with Gasteiger partial charge in [0, 0.05) is 19.3 Å². The quantitative estimate of drug-likeness (QED) is 0.625. The maximum Gasteiger partial charge on any atom is 0.314 e. The van der Waals surface area contributed by atoms with Gasteiger partial charge < -0.3 is 15.7 Å². The zero-order valence-corrected chi connectivity index (χ0v) is 11.8. The van der Waals surface area contributed by atoms with Gasteiger partial charge in [-0.15, -0.1) is 0 Å². The number of urea groups is 1. The maximum atomic E-state index is 11.4. The van der Waals surface area contributed by atoms with Crippen LogP contribution in [0, 0.1) is 5.92 Å². The van der Waals surface area contributed by atoms with Crippen LogP contribution in [0.15, 0.2) is 0 Å². The van der Waals surface area contributed by atoms with Crippen molar-refractivity contribution in [1.29, 1.82) is 0 Å². The third-order valence-corrected chi connectivity index (χ3v) is 4.82. The van der Waals surface area contributed by atoms with Crippen LogP contribution < -0.4 is 10.6 Å². The summed E-state index contributed by atoms with van der Waals surface area (Å²) in [6, 6.07) is -0.583. The van der Waals surface area contributed by atoms with Crippen molar-refractivity contribution in [2.45, 2.75) is 25.5 Å². The van der Waals surface area contributed by atoms with E-state index in [4.69, 9.17) is 5.11 Å². The van der Waals surface area contributed by atoms with E-state index in [1.165, 1.54) is 20.8 Å². The molecule has 0 radical (unpaired) electrons. The number of rotatable bonds is 6. The zero-order chi connectivity index (χ0) is 14.6. The molecule has 106 valence electrons. The molecule has 18 heavy (non-hydrogen) atoms. The van der Waals surface area contributed by atoms with E-state index in [9.17, 15) is 18.0 Å². The molecule has 0 aliphatic carbocycles. The van der Waals surface area contributed by atoms with Gasteiger partial charge >= 0.3 is 12.0 Å². The van der Waals surface area contributed by atoms with Crippen LogP contribution in [0.4, 0.5) is 4.79 Å². The monoisotopic (exact) mass is 280 g/mol. The third-order valence-electron chi connectivity index (χ3n) is 2.67. The Morgan fingerprint density at radius 2 is 1.78 bits per heavy atom. The van der Waals surface area contributed by atoms with E-state index in [1.54, 1.807) is 0 Å². The molecule has 0 aromatic rings. The number of carbonyl (C=O) groups excluding carboxylic acids is 1. The van der Waals surface area contributed by atoms with Crippen LogP contribution in [-0.4, -0.2) is 49.6 Å².